The van der Waals surface area contributed by atoms with Crippen molar-refractivity contribution in [3.63, 3.8) is 0 Å². The van der Waals surface area contributed by atoms with E-state index in [2.05, 4.69) is 37.8 Å². The maximum Gasteiger partial charge on any atom is 0.228 e. The standard InChI is InChI=1S/C12H19BrN4/c1-17(9-6-4-2-3-5-7-9)12-15-10(13)8-11(14)16-12/h8-9H,2-7H2,1H3,(H2,14,15,16). The second kappa shape index (κ2) is 5.67. The monoisotopic (exact) mass is 298 g/mol. The highest BCUT2D eigenvalue weighted by Crippen LogP contribution is 2.24. The Balaban J connectivity index is 2.14. The van der Waals surface area contributed by atoms with Crippen molar-refractivity contribution >= 4 is 27.7 Å². The first-order valence-electron chi connectivity index (χ1n) is 6.19. The molecule has 1 aromatic heterocycles. The van der Waals surface area contributed by atoms with E-state index in [1.807, 2.05) is 0 Å². The summed E-state index contributed by atoms with van der Waals surface area (Å²) in [7, 11) is 2.07. The van der Waals surface area contributed by atoms with Crippen molar-refractivity contribution in [1.29, 1.82) is 0 Å². The lowest BCUT2D eigenvalue weighted by molar-refractivity contribution is 0.544. The average Bonchev–Trinajstić information content (AvgIpc) is 2.55. The zero-order chi connectivity index (χ0) is 12.3. The molecule has 0 saturated heterocycles. The third-order valence-electron chi connectivity index (χ3n) is 3.39. The predicted molar refractivity (Wildman–Crippen MR) is 74.0 cm³/mol. The molecule has 1 fully saturated rings. The number of hydrogen-bond donors (Lipinski definition) is 1. The van der Waals surface area contributed by atoms with Gasteiger partial charge in [-0.3, -0.25) is 0 Å². The van der Waals surface area contributed by atoms with Gasteiger partial charge in [-0.15, -0.1) is 0 Å². The van der Waals surface area contributed by atoms with E-state index in [9.17, 15) is 0 Å². The Hall–Kier alpha value is -0.840. The molecule has 1 aliphatic carbocycles. The molecule has 0 unspecified atom stereocenters. The highest BCUT2D eigenvalue weighted by molar-refractivity contribution is 9.10. The van der Waals surface area contributed by atoms with Gasteiger partial charge < -0.3 is 10.6 Å². The molecule has 2 N–H and O–H groups in total. The van der Waals surface area contributed by atoms with Gasteiger partial charge in [0.25, 0.3) is 0 Å². The third kappa shape index (κ3) is 3.31. The molecule has 0 spiro atoms. The fourth-order valence-corrected chi connectivity index (χ4v) is 2.78. The Morgan fingerprint density at radius 3 is 2.47 bits per heavy atom. The molecule has 5 heteroatoms. The quantitative estimate of drug-likeness (QED) is 0.674. The van der Waals surface area contributed by atoms with Crippen LogP contribution in [0.2, 0.25) is 0 Å². The number of aromatic nitrogens is 2. The minimum Gasteiger partial charge on any atom is -0.383 e. The molecule has 17 heavy (non-hydrogen) atoms. The van der Waals surface area contributed by atoms with Gasteiger partial charge in [-0.2, -0.15) is 4.98 Å². The highest BCUT2D eigenvalue weighted by atomic mass is 79.9. The zero-order valence-corrected chi connectivity index (χ0v) is 11.8. The second-order valence-corrected chi connectivity index (χ2v) is 5.48. The third-order valence-corrected chi connectivity index (χ3v) is 3.80. The van der Waals surface area contributed by atoms with Crippen molar-refractivity contribution in [3.05, 3.63) is 10.7 Å². The maximum absolute atomic E-state index is 5.75. The number of nitrogens with zero attached hydrogens (tertiary/aromatic N) is 3. The first-order chi connectivity index (χ1) is 8.16. The number of nitrogen functional groups attached to an aromatic ring is 1. The zero-order valence-electron chi connectivity index (χ0n) is 10.2. The molecule has 0 radical (unpaired) electrons. The Morgan fingerprint density at radius 2 is 1.88 bits per heavy atom. The van der Waals surface area contributed by atoms with Crippen LogP contribution in [0.4, 0.5) is 11.8 Å². The van der Waals surface area contributed by atoms with Crippen molar-refractivity contribution in [2.45, 2.75) is 44.6 Å². The summed E-state index contributed by atoms with van der Waals surface area (Å²) in [6, 6.07) is 2.27. The molecule has 1 aliphatic rings. The first kappa shape index (κ1) is 12.6. The number of rotatable bonds is 2. The number of nitrogens with two attached hydrogens (primary N) is 1. The van der Waals surface area contributed by atoms with Crippen molar-refractivity contribution < 1.29 is 0 Å². The van der Waals surface area contributed by atoms with Gasteiger partial charge in [0.05, 0.1) is 0 Å². The molecule has 0 amide bonds. The van der Waals surface area contributed by atoms with Crippen LogP contribution in [0.1, 0.15) is 38.5 Å². The number of hydrogen-bond acceptors (Lipinski definition) is 4. The van der Waals surface area contributed by atoms with Gasteiger partial charge in [0.2, 0.25) is 5.95 Å². The van der Waals surface area contributed by atoms with Gasteiger partial charge >= 0.3 is 0 Å². The van der Waals surface area contributed by atoms with Crippen LogP contribution in [0.25, 0.3) is 0 Å². The molecule has 0 bridgehead atoms. The molecule has 1 heterocycles. The molecule has 94 valence electrons. The van der Waals surface area contributed by atoms with Crippen LogP contribution < -0.4 is 10.6 Å². The van der Waals surface area contributed by atoms with E-state index < -0.39 is 0 Å². The lowest BCUT2D eigenvalue weighted by Crippen LogP contribution is -2.32. The van der Waals surface area contributed by atoms with Crippen LogP contribution in [0.3, 0.4) is 0 Å². The van der Waals surface area contributed by atoms with E-state index >= 15 is 0 Å². The second-order valence-electron chi connectivity index (χ2n) is 4.67. The van der Waals surface area contributed by atoms with Crippen molar-refractivity contribution in [2.75, 3.05) is 17.7 Å². The SMILES string of the molecule is CN(c1nc(N)cc(Br)n1)C1CCCCCC1. The summed E-state index contributed by atoms with van der Waals surface area (Å²) in [5.74, 6) is 1.24. The lowest BCUT2D eigenvalue weighted by atomic mass is 10.1. The molecular formula is C12H19BrN4. The van der Waals surface area contributed by atoms with Gasteiger partial charge in [0, 0.05) is 19.2 Å². The van der Waals surface area contributed by atoms with E-state index in [4.69, 9.17) is 5.73 Å². The topological polar surface area (TPSA) is 55.0 Å². The van der Waals surface area contributed by atoms with Crippen LogP contribution in [-0.4, -0.2) is 23.1 Å². The van der Waals surface area contributed by atoms with Crippen LogP contribution in [-0.2, 0) is 0 Å². The summed E-state index contributed by atoms with van der Waals surface area (Å²) >= 11 is 3.36. The first-order valence-corrected chi connectivity index (χ1v) is 6.99. The highest BCUT2D eigenvalue weighted by Gasteiger charge is 2.19. The molecule has 1 saturated carbocycles. The van der Waals surface area contributed by atoms with E-state index in [-0.39, 0.29) is 0 Å². The van der Waals surface area contributed by atoms with E-state index in [1.54, 1.807) is 6.07 Å². The summed E-state index contributed by atoms with van der Waals surface area (Å²) in [4.78, 5) is 10.9. The smallest absolute Gasteiger partial charge is 0.228 e. The van der Waals surface area contributed by atoms with Crippen LogP contribution >= 0.6 is 15.9 Å². The van der Waals surface area contributed by atoms with Gasteiger partial charge in [-0.1, -0.05) is 25.7 Å². The molecular weight excluding hydrogens is 280 g/mol. The molecule has 0 aromatic carbocycles. The summed E-state index contributed by atoms with van der Waals surface area (Å²) in [6.07, 6.45) is 7.77. The Kier molecular flexibility index (Phi) is 4.20. The molecule has 4 nitrogen and oxygen atoms in total. The average molecular weight is 299 g/mol. The van der Waals surface area contributed by atoms with Gasteiger partial charge in [-0.05, 0) is 28.8 Å². The normalized spacial score (nSPS) is 17.8. The summed E-state index contributed by atoms with van der Waals surface area (Å²) < 4.78 is 0.750. The van der Waals surface area contributed by atoms with Crippen LogP contribution in [0, 0.1) is 0 Å². The Morgan fingerprint density at radius 1 is 1.24 bits per heavy atom. The lowest BCUT2D eigenvalue weighted by Gasteiger charge is -2.27. The number of anilines is 2. The van der Waals surface area contributed by atoms with E-state index in [1.165, 1.54) is 38.5 Å². The summed E-state index contributed by atoms with van der Waals surface area (Å²) in [6.45, 7) is 0. The van der Waals surface area contributed by atoms with Crippen molar-refractivity contribution in [1.82, 2.24) is 9.97 Å². The van der Waals surface area contributed by atoms with Crippen molar-refractivity contribution in [3.8, 4) is 0 Å². The summed E-state index contributed by atoms with van der Waals surface area (Å²) in [5, 5.41) is 0. The maximum atomic E-state index is 5.75. The van der Waals surface area contributed by atoms with Gasteiger partial charge in [-0.25, -0.2) is 4.98 Å². The minimum atomic E-state index is 0.516. The van der Waals surface area contributed by atoms with Crippen LogP contribution in [0.15, 0.2) is 10.7 Å². The fraction of sp³-hybridized carbons (Fsp3) is 0.667. The number of halogens is 1. The predicted octanol–water partition coefficient (Wildman–Crippen LogP) is 2.98. The summed E-state index contributed by atoms with van der Waals surface area (Å²) in [5.41, 5.74) is 5.75. The Bertz CT molecular complexity index is 355. The molecule has 0 atom stereocenters. The molecule has 1 aromatic rings. The fourth-order valence-electron chi connectivity index (χ4n) is 2.39. The Labute approximate surface area is 111 Å². The molecule has 2 rings (SSSR count). The largest absolute Gasteiger partial charge is 0.383 e. The van der Waals surface area contributed by atoms with Crippen LogP contribution in [0.5, 0.6) is 0 Å². The minimum absolute atomic E-state index is 0.516. The van der Waals surface area contributed by atoms with E-state index in [0.29, 0.717) is 11.9 Å². The van der Waals surface area contributed by atoms with Gasteiger partial charge in [0.15, 0.2) is 0 Å². The molecule has 0 aliphatic heterocycles. The van der Waals surface area contributed by atoms with E-state index in [0.717, 1.165) is 10.6 Å². The van der Waals surface area contributed by atoms with Gasteiger partial charge in [0.1, 0.15) is 10.4 Å². The van der Waals surface area contributed by atoms with Crippen molar-refractivity contribution in [2.24, 2.45) is 0 Å².